The number of hydrogen-bond donors (Lipinski definition) is 1. The summed E-state index contributed by atoms with van der Waals surface area (Å²) in [6.45, 7) is 2.61. The summed E-state index contributed by atoms with van der Waals surface area (Å²) in [4.78, 5) is 0. The van der Waals surface area contributed by atoms with Gasteiger partial charge in [0.2, 0.25) is 0 Å². The smallest absolute Gasteiger partial charge is 0.137 e. The molecule has 0 aromatic heterocycles. The van der Waals surface area contributed by atoms with Gasteiger partial charge in [-0.2, -0.15) is 0 Å². The quantitative estimate of drug-likeness (QED) is 0.915. The molecule has 0 aliphatic carbocycles. The summed E-state index contributed by atoms with van der Waals surface area (Å²) >= 11 is 3.14. The van der Waals surface area contributed by atoms with E-state index in [1.165, 1.54) is 11.6 Å². The third-order valence-corrected chi connectivity index (χ3v) is 3.40. The summed E-state index contributed by atoms with van der Waals surface area (Å²) in [5.74, 6) is 1.06. The van der Waals surface area contributed by atoms with Crippen molar-refractivity contribution in [2.45, 2.75) is 13.3 Å². The largest absolute Gasteiger partial charge is 0.457 e. The molecule has 0 spiro atoms. The molecule has 0 saturated carbocycles. The molecule has 0 fully saturated rings. The molecule has 2 aromatic rings. The molecule has 0 unspecified atom stereocenters. The second-order valence-corrected chi connectivity index (χ2v) is 5.17. The molecule has 0 bridgehead atoms. The Balaban J connectivity index is 2.20. The van der Waals surface area contributed by atoms with E-state index in [1.54, 1.807) is 12.1 Å². The van der Waals surface area contributed by atoms with Gasteiger partial charge in [0, 0.05) is 0 Å². The first-order valence-corrected chi connectivity index (χ1v) is 6.82. The van der Waals surface area contributed by atoms with E-state index in [1.807, 2.05) is 19.1 Å². The number of halogens is 2. The van der Waals surface area contributed by atoms with E-state index in [9.17, 15) is 4.39 Å². The highest BCUT2D eigenvalue weighted by Crippen LogP contribution is 2.28. The number of nitrogens with two attached hydrogens (primary N) is 1. The van der Waals surface area contributed by atoms with Crippen molar-refractivity contribution in [1.29, 1.82) is 0 Å². The lowest BCUT2D eigenvalue weighted by Crippen LogP contribution is -2.02. The molecule has 2 rings (SSSR count). The summed E-state index contributed by atoms with van der Waals surface area (Å²) < 4.78 is 19.3. The third-order valence-electron chi connectivity index (χ3n) is 2.79. The first-order chi connectivity index (χ1) is 9.10. The van der Waals surface area contributed by atoms with Crippen molar-refractivity contribution < 1.29 is 9.13 Å². The van der Waals surface area contributed by atoms with Crippen LogP contribution in [0.15, 0.2) is 40.9 Å². The highest BCUT2D eigenvalue weighted by atomic mass is 79.9. The summed E-state index contributed by atoms with van der Waals surface area (Å²) in [6.07, 6.45) is 0.850. The van der Waals surface area contributed by atoms with Crippen molar-refractivity contribution in [2.24, 2.45) is 5.73 Å². The monoisotopic (exact) mass is 323 g/mol. The zero-order chi connectivity index (χ0) is 13.8. The van der Waals surface area contributed by atoms with Gasteiger partial charge in [-0.1, -0.05) is 12.1 Å². The fraction of sp³-hybridized carbons (Fsp3) is 0.200. The van der Waals surface area contributed by atoms with Crippen LogP contribution < -0.4 is 10.5 Å². The van der Waals surface area contributed by atoms with Crippen molar-refractivity contribution >= 4 is 15.9 Å². The summed E-state index contributed by atoms with van der Waals surface area (Å²) in [7, 11) is 0. The van der Waals surface area contributed by atoms with E-state index in [4.69, 9.17) is 10.5 Å². The minimum absolute atomic E-state index is 0.303. The van der Waals surface area contributed by atoms with Crippen LogP contribution >= 0.6 is 15.9 Å². The maximum absolute atomic E-state index is 13.1. The molecule has 2 nitrogen and oxygen atoms in total. The molecule has 0 saturated heterocycles. The molecule has 0 heterocycles. The van der Waals surface area contributed by atoms with E-state index in [-0.39, 0.29) is 5.82 Å². The van der Waals surface area contributed by atoms with Gasteiger partial charge in [-0.05, 0) is 71.2 Å². The number of benzene rings is 2. The Bertz CT molecular complexity index is 586. The molecule has 0 aliphatic rings. The highest BCUT2D eigenvalue weighted by molar-refractivity contribution is 9.10. The number of hydrogen-bond acceptors (Lipinski definition) is 2. The molecular weight excluding hydrogens is 309 g/mol. The Morgan fingerprint density at radius 2 is 2.00 bits per heavy atom. The second kappa shape index (κ2) is 6.17. The molecular formula is C15H15BrFNO. The first kappa shape index (κ1) is 14.0. The van der Waals surface area contributed by atoms with Crippen molar-refractivity contribution in [3.8, 4) is 11.5 Å². The van der Waals surface area contributed by atoms with Crippen LogP contribution in [0.2, 0.25) is 0 Å². The van der Waals surface area contributed by atoms with E-state index in [2.05, 4.69) is 22.0 Å². The Hall–Kier alpha value is -1.39. The second-order valence-electron chi connectivity index (χ2n) is 4.32. The van der Waals surface area contributed by atoms with Gasteiger partial charge in [0.1, 0.15) is 17.3 Å². The molecule has 4 heteroatoms. The van der Waals surface area contributed by atoms with Crippen LogP contribution in [0.5, 0.6) is 11.5 Å². The molecule has 0 aliphatic heterocycles. The SMILES string of the molecule is Cc1cc(CCN)ccc1Oc1ccc(F)c(Br)c1. The number of rotatable bonds is 4. The van der Waals surface area contributed by atoms with E-state index in [0.29, 0.717) is 16.8 Å². The summed E-state index contributed by atoms with van der Waals surface area (Å²) in [5, 5.41) is 0. The van der Waals surface area contributed by atoms with Gasteiger partial charge in [-0.25, -0.2) is 4.39 Å². The van der Waals surface area contributed by atoms with Gasteiger partial charge in [0.15, 0.2) is 0 Å². The molecule has 2 aromatic carbocycles. The minimum Gasteiger partial charge on any atom is -0.457 e. The van der Waals surface area contributed by atoms with Gasteiger partial charge in [-0.3, -0.25) is 0 Å². The molecule has 19 heavy (non-hydrogen) atoms. The molecule has 0 amide bonds. The Labute approximate surface area is 120 Å². The predicted molar refractivity (Wildman–Crippen MR) is 78.1 cm³/mol. The summed E-state index contributed by atoms with van der Waals surface area (Å²) in [6, 6.07) is 10.6. The van der Waals surface area contributed by atoms with Gasteiger partial charge in [-0.15, -0.1) is 0 Å². The zero-order valence-corrected chi connectivity index (χ0v) is 12.2. The van der Waals surface area contributed by atoms with Gasteiger partial charge < -0.3 is 10.5 Å². The van der Waals surface area contributed by atoms with Crippen molar-refractivity contribution in [3.05, 3.63) is 57.8 Å². The van der Waals surface area contributed by atoms with Crippen LogP contribution in [0.1, 0.15) is 11.1 Å². The first-order valence-electron chi connectivity index (χ1n) is 6.02. The summed E-state index contributed by atoms with van der Waals surface area (Å²) in [5.41, 5.74) is 7.75. The van der Waals surface area contributed by atoms with Crippen LogP contribution in [0, 0.1) is 12.7 Å². The fourth-order valence-electron chi connectivity index (χ4n) is 1.82. The lowest BCUT2D eigenvalue weighted by Gasteiger charge is -2.10. The van der Waals surface area contributed by atoms with E-state index < -0.39 is 0 Å². The topological polar surface area (TPSA) is 35.2 Å². The molecule has 0 radical (unpaired) electrons. The predicted octanol–water partition coefficient (Wildman–Crippen LogP) is 4.19. The molecule has 0 atom stereocenters. The van der Waals surface area contributed by atoms with Crippen LogP contribution in [-0.2, 0) is 6.42 Å². The number of ether oxygens (including phenoxy) is 1. The average Bonchev–Trinajstić information content (AvgIpc) is 2.37. The van der Waals surface area contributed by atoms with Crippen LogP contribution in [0.4, 0.5) is 4.39 Å². The fourth-order valence-corrected chi connectivity index (χ4v) is 2.17. The maximum Gasteiger partial charge on any atom is 0.137 e. The Morgan fingerprint density at radius 1 is 1.21 bits per heavy atom. The lowest BCUT2D eigenvalue weighted by atomic mass is 10.1. The normalized spacial score (nSPS) is 10.5. The Kier molecular flexibility index (Phi) is 4.56. The minimum atomic E-state index is -0.303. The molecule has 100 valence electrons. The van der Waals surface area contributed by atoms with E-state index in [0.717, 1.165) is 17.7 Å². The third kappa shape index (κ3) is 3.55. The van der Waals surface area contributed by atoms with Crippen LogP contribution in [-0.4, -0.2) is 6.54 Å². The highest BCUT2D eigenvalue weighted by Gasteiger charge is 2.05. The molecule has 2 N–H and O–H groups in total. The van der Waals surface area contributed by atoms with E-state index >= 15 is 0 Å². The van der Waals surface area contributed by atoms with Gasteiger partial charge in [0.05, 0.1) is 4.47 Å². The van der Waals surface area contributed by atoms with Gasteiger partial charge in [0.25, 0.3) is 0 Å². The standard InChI is InChI=1S/C15H15BrFNO/c1-10-8-11(6-7-18)2-5-15(10)19-12-3-4-14(17)13(16)9-12/h2-5,8-9H,6-7,18H2,1H3. The van der Waals surface area contributed by atoms with Crippen LogP contribution in [0.25, 0.3) is 0 Å². The maximum atomic E-state index is 13.1. The lowest BCUT2D eigenvalue weighted by molar-refractivity contribution is 0.476. The Morgan fingerprint density at radius 3 is 2.63 bits per heavy atom. The van der Waals surface area contributed by atoms with Crippen LogP contribution in [0.3, 0.4) is 0 Å². The average molecular weight is 324 g/mol. The van der Waals surface area contributed by atoms with Crippen molar-refractivity contribution in [2.75, 3.05) is 6.54 Å². The van der Waals surface area contributed by atoms with Crippen molar-refractivity contribution in [1.82, 2.24) is 0 Å². The zero-order valence-electron chi connectivity index (χ0n) is 10.6. The van der Waals surface area contributed by atoms with Crippen molar-refractivity contribution in [3.63, 3.8) is 0 Å². The number of aryl methyl sites for hydroxylation is 1. The van der Waals surface area contributed by atoms with Gasteiger partial charge >= 0.3 is 0 Å².